The number of rotatable bonds is 3. The van der Waals surface area contributed by atoms with Crippen LogP contribution in [0.2, 0.25) is 0 Å². The molecule has 0 fully saturated rings. The van der Waals surface area contributed by atoms with Crippen molar-refractivity contribution in [2.75, 3.05) is 36.0 Å². The molecular formula is C20H22N2O2. The van der Waals surface area contributed by atoms with Crippen LogP contribution >= 0.6 is 0 Å². The van der Waals surface area contributed by atoms with Crippen molar-refractivity contribution < 1.29 is 9.53 Å². The summed E-state index contributed by atoms with van der Waals surface area (Å²) in [6, 6.07) is 14.4. The molecule has 2 aromatic rings. The first-order valence-corrected chi connectivity index (χ1v) is 8.59. The van der Waals surface area contributed by atoms with E-state index in [1.165, 1.54) is 11.1 Å². The van der Waals surface area contributed by atoms with Gasteiger partial charge in [-0.05, 0) is 31.0 Å². The number of para-hydroxylation sites is 1. The van der Waals surface area contributed by atoms with E-state index in [2.05, 4.69) is 36.1 Å². The largest absolute Gasteiger partial charge is 0.489 e. The number of amides is 1. The summed E-state index contributed by atoms with van der Waals surface area (Å²) in [5, 5.41) is 0. The number of nitrogens with zero attached hydrogens (tertiary/aromatic N) is 2. The molecule has 0 saturated heterocycles. The molecule has 2 heterocycles. The fraction of sp³-hybridized carbons (Fsp3) is 0.350. The van der Waals surface area contributed by atoms with Crippen molar-refractivity contribution >= 4 is 17.3 Å². The van der Waals surface area contributed by atoms with Crippen LogP contribution in [0.4, 0.5) is 11.4 Å². The van der Waals surface area contributed by atoms with Gasteiger partial charge in [-0.15, -0.1) is 0 Å². The van der Waals surface area contributed by atoms with Crippen molar-refractivity contribution in [1.82, 2.24) is 0 Å². The Hall–Kier alpha value is -2.49. The van der Waals surface area contributed by atoms with E-state index in [1.807, 2.05) is 23.1 Å². The molecule has 24 heavy (non-hydrogen) atoms. The number of hydrogen-bond donors (Lipinski definition) is 0. The summed E-state index contributed by atoms with van der Waals surface area (Å²) in [7, 11) is 0. The van der Waals surface area contributed by atoms with Crippen molar-refractivity contribution in [1.29, 1.82) is 0 Å². The Morgan fingerprint density at radius 2 is 1.92 bits per heavy atom. The van der Waals surface area contributed by atoms with E-state index in [0.717, 1.165) is 49.8 Å². The average molecular weight is 322 g/mol. The number of anilines is 2. The highest BCUT2D eigenvalue weighted by molar-refractivity contribution is 5.99. The first-order chi connectivity index (χ1) is 11.7. The number of aryl methyl sites for hydroxylation is 2. The van der Waals surface area contributed by atoms with Gasteiger partial charge in [-0.2, -0.15) is 0 Å². The minimum atomic E-state index is 0.189. The zero-order valence-corrected chi connectivity index (χ0v) is 14.0. The highest BCUT2D eigenvalue weighted by Crippen LogP contribution is 2.42. The van der Waals surface area contributed by atoms with Gasteiger partial charge in [0.25, 0.3) is 0 Å². The van der Waals surface area contributed by atoms with Gasteiger partial charge in [-0.3, -0.25) is 4.79 Å². The molecule has 0 N–H and O–H groups in total. The van der Waals surface area contributed by atoms with E-state index in [0.29, 0.717) is 6.42 Å². The van der Waals surface area contributed by atoms with Crippen LogP contribution in [0.25, 0.3) is 0 Å². The average Bonchev–Trinajstić information content (AvgIpc) is 2.62. The molecule has 0 bridgehead atoms. The maximum atomic E-state index is 12.8. The van der Waals surface area contributed by atoms with Crippen LogP contribution in [0.5, 0.6) is 5.75 Å². The fourth-order valence-electron chi connectivity index (χ4n) is 3.51. The summed E-state index contributed by atoms with van der Waals surface area (Å²) in [6.45, 7) is 5.33. The Labute approximate surface area is 142 Å². The molecule has 124 valence electrons. The predicted molar refractivity (Wildman–Crippen MR) is 96.0 cm³/mol. The van der Waals surface area contributed by atoms with Crippen molar-refractivity contribution in [3.05, 3.63) is 53.6 Å². The van der Waals surface area contributed by atoms with Crippen molar-refractivity contribution in [3.63, 3.8) is 0 Å². The maximum absolute atomic E-state index is 12.8. The van der Waals surface area contributed by atoms with E-state index < -0.39 is 0 Å². The first kappa shape index (κ1) is 15.1. The third-order valence-corrected chi connectivity index (χ3v) is 4.85. The molecule has 1 amide bonds. The second-order valence-electron chi connectivity index (χ2n) is 6.49. The van der Waals surface area contributed by atoms with Crippen LogP contribution in [-0.2, 0) is 11.2 Å². The molecule has 4 nitrogen and oxygen atoms in total. The Morgan fingerprint density at radius 1 is 1.08 bits per heavy atom. The Morgan fingerprint density at radius 3 is 2.75 bits per heavy atom. The van der Waals surface area contributed by atoms with Gasteiger partial charge in [0.1, 0.15) is 18.0 Å². The highest BCUT2D eigenvalue weighted by atomic mass is 16.5. The molecule has 0 atom stereocenters. The van der Waals surface area contributed by atoms with Crippen molar-refractivity contribution in [2.45, 2.75) is 19.8 Å². The third kappa shape index (κ3) is 2.73. The smallest absolute Gasteiger partial charge is 0.227 e. The second kappa shape index (κ2) is 6.19. The number of carbonyl (C=O) groups is 1. The summed E-state index contributed by atoms with van der Waals surface area (Å²) in [6.07, 6.45) is 1.32. The summed E-state index contributed by atoms with van der Waals surface area (Å²) in [4.78, 5) is 17.1. The molecule has 2 aromatic carbocycles. The van der Waals surface area contributed by atoms with Gasteiger partial charge in [0.2, 0.25) is 5.91 Å². The Kier molecular flexibility index (Phi) is 3.89. The fourth-order valence-corrected chi connectivity index (χ4v) is 3.51. The Bertz CT molecular complexity index is 755. The molecule has 2 aliphatic heterocycles. The minimum Gasteiger partial charge on any atom is -0.489 e. The SMILES string of the molecule is Cc1ccc(CCC(=O)N2CCN3CCOc4cccc2c43)cc1. The molecule has 4 heteroatoms. The van der Waals surface area contributed by atoms with Crippen LogP contribution in [0, 0.1) is 6.92 Å². The summed E-state index contributed by atoms with van der Waals surface area (Å²) < 4.78 is 5.76. The van der Waals surface area contributed by atoms with E-state index in [9.17, 15) is 4.79 Å². The van der Waals surface area contributed by atoms with E-state index in [4.69, 9.17) is 4.74 Å². The lowest BCUT2D eigenvalue weighted by atomic mass is 10.1. The quantitative estimate of drug-likeness (QED) is 0.870. The lowest BCUT2D eigenvalue weighted by Crippen LogP contribution is -2.47. The number of carbonyl (C=O) groups excluding carboxylic acids is 1. The van der Waals surface area contributed by atoms with Crippen LogP contribution in [0.1, 0.15) is 17.5 Å². The van der Waals surface area contributed by atoms with Crippen LogP contribution in [0.3, 0.4) is 0 Å². The normalized spacial score (nSPS) is 15.7. The van der Waals surface area contributed by atoms with Crippen LogP contribution in [-0.4, -0.2) is 32.1 Å². The molecule has 4 rings (SSSR count). The molecular weight excluding hydrogens is 300 g/mol. The lowest BCUT2D eigenvalue weighted by Gasteiger charge is -2.41. The molecule has 0 spiro atoms. The van der Waals surface area contributed by atoms with Gasteiger partial charge in [0, 0.05) is 19.5 Å². The molecule has 0 aromatic heterocycles. The van der Waals surface area contributed by atoms with E-state index in [-0.39, 0.29) is 5.91 Å². The number of ether oxygens (including phenoxy) is 1. The molecule has 0 unspecified atom stereocenters. The standard InChI is InChI=1S/C20H22N2O2/c1-15-5-7-16(8-6-15)9-10-19(23)22-12-11-21-13-14-24-18-4-2-3-17(22)20(18)21/h2-8H,9-14H2,1H3. The number of hydrogen-bond acceptors (Lipinski definition) is 3. The molecule has 0 aliphatic carbocycles. The van der Waals surface area contributed by atoms with Gasteiger partial charge in [0.05, 0.1) is 12.2 Å². The third-order valence-electron chi connectivity index (χ3n) is 4.85. The highest BCUT2D eigenvalue weighted by Gasteiger charge is 2.31. The van der Waals surface area contributed by atoms with Gasteiger partial charge in [-0.25, -0.2) is 0 Å². The topological polar surface area (TPSA) is 32.8 Å². The van der Waals surface area contributed by atoms with Gasteiger partial charge < -0.3 is 14.5 Å². The lowest BCUT2D eigenvalue weighted by molar-refractivity contribution is -0.118. The van der Waals surface area contributed by atoms with Crippen molar-refractivity contribution in [2.24, 2.45) is 0 Å². The zero-order chi connectivity index (χ0) is 16.5. The Balaban J connectivity index is 1.52. The minimum absolute atomic E-state index is 0.189. The molecule has 2 aliphatic rings. The van der Waals surface area contributed by atoms with Crippen LogP contribution in [0.15, 0.2) is 42.5 Å². The van der Waals surface area contributed by atoms with Gasteiger partial charge >= 0.3 is 0 Å². The van der Waals surface area contributed by atoms with E-state index >= 15 is 0 Å². The van der Waals surface area contributed by atoms with Crippen LogP contribution < -0.4 is 14.5 Å². The van der Waals surface area contributed by atoms with Gasteiger partial charge in [-0.1, -0.05) is 35.9 Å². The van der Waals surface area contributed by atoms with E-state index in [1.54, 1.807) is 0 Å². The second-order valence-corrected chi connectivity index (χ2v) is 6.49. The molecule has 0 radical (unpaired) electrons. The monoisotopic (exact) mass is 322 g/mol. The molecule has 0 saturated carbocycles. The maximum Gasteiger partial charge on any atom is 0.227 e. The van der Waals surface area contributed by atoms with Gasteiger partial charge in [0.15, 0.2) is 0 Å². The number of benzene rings is 2. The zero-order valence-electron chi connectivity index (χ0n) is 14.0. The summed E-state index contributed by atoms with van der Waals surface area (Å²) in [5.74, 6) is 1.09. The summed E-state index contributed by atoms with van der Waals surface area (Å²) in [5.41, 5.74) is 4.54. The predicted octanol–water partition coefficient (Wildman–Crippen LogP) is 3.17. The first-order valence-electron chi connectivity index (χ1n) is 8.59. The van der Waals surface area contributed by atoms with Crippen molar-refractivity contribution in [3.8, 4) is 5.75 Å². The summed E-state index contributed by atoms with van der Waals surface area (Å²) >= 11 is 0.